The Labute approximate surface area is 92.0 Å². The molecule has 1 aromatic heterocycles. The van der Waals surface area contributed by atoms with E-state index in [0.717, 1.165) is 25.4 Å². The molecule has 2 atom stereocenters. The van der Waals surface area contributed by atoms with Crippen molar-refractivity contribution in [2.45, 2.75) is 10.9 Å². The van der Waals surface area contributed by atoms with Gasteiger partial charge in [-0.2, -0.15) is 0 Å². The molecule has 2 heterocycles. The van der Waals surface area contributed by atoms with Crippen LogP contribution in [0.4, 0.5) is 0 Å². The molecule has 1 saturated heterocycles. The lowest BCUT2D eigenvalue weighted by Gasteiger charge is -2.27. The summed E-state index contributed by atoms with van der Waals surface area (Å²) in [6, 6.07) is 5.92. The van der Waals surface area contributed by atoms with Crippen molar-refractivity contribution in [1.29, 1.82) is 0 Å². The normalized spacial score (nSPS) is 24.5. The lowest BCUT2D eigenvalue weighted by atomic mass is 10.1. The van der Waals surface area contributed by atoms with Crippen molar-refractivity contribution in [3.05, 3.63) is 30.1 Å². The molecule has 0 aliphatic carbocycles. The van der Waals surface area contributed by atoms with Crippen molar-refractivity contribution in [2.75, 3.05) is 19.7 Å². The van der Waals surface area contributed by atoms with Gasteiger partial charge in [-0.25, -0.2) is 0 Å². The van der Waals surface area contributed by atoms with Crippen molar-refractivity contribution >= 4 is 15.9 Å². The second-order valence-electron chi connectivity index (χ2n) is 3.27. The maximum atomic E-state index is 5.64. The highest BCUT2D eigenvalue weighted by molar-refractivity contribution is 9.09. The van der Waals surface area contributed by atoms with Crippen LogP contribution >= 0.6 is 15.9 Å². The van der Waals surface area contributed by atoms with Crippen LogP contribution in [0.3, 0.4) is 0 Å². The highest BCUT2D eigenvalue weighted by Crippen LogP contribution is 2.27. The van der Waals surface area contributed by atoms with Gasteiger partial charge in [0.1, 0.15) is 0 Å². The average Bonchev–Trinajstić information content (AvgIpc) is 2.30. The number of aromatic nitrogens is 1. The maximum Gasteiger partial charge on any atom is 0.0881 e. The van der Waals surface area contributed by atoms with Gasteiger partial charge in [0.05, 0.1) is 23.2 Å². The zero-order chi connectivity index (χ0) is 9.80. The van der Waals surface area contributed by atoms with Crippen LogP contribution in [0.15, 0.2) is 24.4 Å². The Morgan fingerprint density at radius 1 is 1.57 bits per heavy atom. The molecule has 0 aromatic carbocycles. The molecule has 1 aliphatic rings. The Morgan fingerprint density at radius 2 is 2.50 bits per heavy atom. The van der Waals surface area contributed by atoms with E-state index in [1.807, 2.05) is 18.2 Å². The number of hydrogen-bond acceptors (Lipinski definition) is 3. The van der Waals surface area contributed by atoms with E-state index >= 15 is 0 Å². The second kappa shape index (κ2) is 4.87. The number of nitrogens with zero attached hydrogens (tertiary/aromatic N) is 1. The molecular weight excluding hydrogens is 244 g/mol. The Balaban J connectivity index is 2.03. The van der Waals surface area contributed by atoms with Crippen LogP contribution < -0.4 is 5.32 Å². The molecule has 4 heteroatoms. The summed E-state index contributed by atoms with van der Waals surface area (Å²) in [4.78, 5) is 4.48. The fraction of sp³-hybridized carbons (Fsp3) is 0.500. The van der Waals surface area contributed by atoms with E-state index in [-0.39, 0.29) is 10.9 Å². The first-order chi connectivity index (χ1) is 6.88. The van der Waals surface area contributed by atoms with Gasteiger partial charge in [0.2, 0.25) is 0 Å². The zero-order valence-electron chi connectivity index (χ0n) is 7.82. The Bertz CT molecular complexity index is 275. The first-order valence-corrected chi connectivity index (χ1v) is 5.67. The van der Waals surface area contributed by atoms with Crippen LogP contribution in [0, 0.1) is 0 Å². The van der Waals surface area contributed by atoms with Crippen LogP contribution in [-0.2, 0) is 4.74 Å². The van der Waals surface area contributed by atoms with Gasteiger partial charge in [0.15, 0.2) is 0 Å². The molecule has 1 fully saturated rings. The molecule has 0 radical (unpaired) electrons. The van der Waals surface area contributed by atoms with Gasteiger partial charge in [-0.15, -0.1) is 0 Å². The predicted molar refractivity (Wildman–Crippen MR) is 58.5 cm³/mol. The number of ether oxygens (including phenoxy) is 1. The number of halogens is 1. The van der Waals surface area contributed by atoms with Crippen molar-refractivity contribution < 1.29 is 4.74 Å². The number of rotatable bonds is 2. The van der Waals surface area contributed by atoms with Gasteiger partial charge in [-0.05, 0) is 12.1 Å². The molecular formula is C10H13BrN2O. The molecule has 1 aromatic rings. The topological polar surface area (TPSA) is 34.2 Å². The largest absolute Gasteiger partial charge is 0.374 e. The zero-order valence-corrected chi connectivity index (χ0v) is 9.40. The third kappa shape index (κ3) is 2.32. The molecule has 2 unspecified atom stereocenters. The van der Waals surface area contributed by atoms with E-state index in [1.165, 1.54) is 0 Å². The SMILES string of the molecule is BrC(c1ccccn1)C1CNCCO1. The van der Waals surface area contributed by atoms with Crippen molar-refractivity contribution in [2.24, 2.45) is 0 Å². The quantitative estimate of drug-likeness (QED) is 0.815. The summed E-state index contributed by atoms with van der Waals surface area (Å²) in [5, 5.41) is 3.30. The van der Waals surface area contributed by atoms with E-state index in [2.05, 4.69) is 26.2 Å². The molecule has 0 bridgehead atoms. The molecule has 76 valence electrons. The van der Waals surface area contributed by atoms with Gasteiger partial charge in [-0.3, -0.25) is 4.98 Å². The van der Waals surface area contributed by atoms with Crippen molar-refractivity contribution in [3.8, 4) is 0 Å². The van der Waals surface area contributed by atoms with E-state index in [9.17, 15) is 0 Å². The molecule has 0 spiro atoms. The lowest BCUT2D eigenvalue weighted by Crippen LogP contribution is -2.40. The van der Waals surface area contributed by atoms with Crippen molar-refractivity contribution in [1.82, 2.24) is 10.3 Å². The van der Waals surface area contributed by atoms with Crippen LogP contribution in [0.5, 0.6) is 0 Å². The van der Waals surface area contributed by atoms with E-state index in [1.54, 1.807) is 6.20 Å². The summed E-state index contributed by atoms with van der Waals surface area (Å²) in [7, 11) is 0. The fourth-order valence-corrected chi connectivity index (χ4v) is 2.11. The first-order valence-electron chi connectivity index (χ1n) is 4.75. The molecule has 0 saturated carbocycles. The fourth-order valence-electron chi connectivity index (χ4n) is 1.50. The van der Waals surface area contributed by atoms with Gasteiger partial charge in [-0.1, -0.05) is 22.0 Å². The molecule has 2 rings (SSSR count). The minimum absolute atomic E-state index is 0.177. The van der Waals surface area contributed by atoms with Crippen LogP contribution in [0.1, 0.15) is 10.5 Å². The minimum Gasteiger partial charge on any atom is -0.374 e. The Morgan fingerprint density at radius 3 is 3.14 bits per heavy atom. The van der Waals surface area contributed by atoms with Gasteiger partial charge in [0.25, 0.3) is 0 Å². The van der Waals surface area contributed by atoms with E-state index in [4.69, 9.17) is 4.74 Å². The lowest BCUT2D eigenvalue weighted by molar-refractivity contribution is 0.0279. The molecule has 1 N–H and O–H groups in total. The van der Waals surface area contributed by atoms with Crippen molar-refractivity contribution in [3.63, 3.8) is 0 Å². The summed E-state index contributed by atoms with van der Waals surface area (Å²) in [5.41, 5.74) is 1.03. The number of alkyl halides is 1. The number of morpholine rings is 1. The van der Waals surface area contributed by atoms with Gasteiger partial charge in [0, 0.05) is 19.3 Å². The van der Waals surface area contributed by atoms with Gasteiger partial charge >= 0.3 is 0 Å². The highest BCUT2D eigenvalue weighted by atomic mass is 79.9. The van der Waals surface area contributed by atoms with Crippen LogP contribution in [0.2, 0.25) is 0 Å². The van der Waals surface area contributed by atoms with Crippen LogP contribution in [-0.4, -0.2) is 30.8 Å². The van der Waals surface area contributed by atoms with E-state index < -0.39 is 0 Å². The molecule has 14 heavy (non-hydrogen) atoms. The third-order valence-corrected chi connectivity index (χ3v) is 3.31. The highest BCUT2D eigenvalue weighted by Gasteiger charge is 2.23. The average molecular weight is 257 g/mol. The van der Waals surface area contributed by atoms with Crippen LogP contribution in [0.25, 0.3) is 0 Å². The monoisotopic (exact) mass is 256 g/mol. The number of pyridine rings is 1. The summed E-state index contributed by atoms with van der Waals surface area (Å²) < 4.78 is 5.64. The minimum atomic E-state index is 0.177. The third-order valence-electron chi connectivity index (χ3n) is 2.25. The summed E-state index contributed by atoms with van der Waals surface area (Å²) in [6.07, 6.45) is 1.98. The Hall–Kier alpha value is -0.450. The number of hydrogen-bond donors (Lipinski definition) is 1. The molecule has 1 aliphatic heterocycles. The first kappa shape index (κ1) is 10.1. The number of nitrogens with one attached hydrogen (secondary N) is 1. The Kier molecular flexibility index (Phi) is 3.50. The standard InChI is InChI=1S/C10H13BrN2O/c11-10(8-3-1-2-4-13-8)9-7-12-5-6-14-9/h1-4,9-10,12H,5-7H2. The molecule has 3 nitrogen and oxygen atoms in total. The summed E-state index contributed by atoms with van der Waals surface area (Å²) in [6.45, 7) is 2.60. The van der Waals surface area contributed by atoms with E-state index in [0.29, 0.717) is 0 Å². The van der Waals surface area contributed by atoms with Gasteiger partial charge < -0.3 is 10.1 Å². The maximum absolute atomic E-state index is 5.64. The second-order valence-corrected chi connectivity index (χ2v) is 4.26. The summed E-state index contributed by atoms with van der Waals surface area (Å²) >= 11 is 3.62. The molecule has 0 amide bonds. The smallest absolute Gasteiger partial charge is 0.0881 e. The predicted octanol–water partition coefficient (Wildman–Crippen LogP) is 1.51. The summed E-state index contributed by atoms with van der Waals surface area (Å²) in [5.74, 6) is 0.